The van der Waals surface area contributed by atoms with Crippen molar-refractivity contribution in [3.63, 3.8) is 0 Å². The second-order valence-corrected chi connectivity index (χ2v) is 9.73. The van der Waals surface area contributed by atoms with E-state index in [9.17, 15) is 24.8 Å². The van der Waals surface area contributed by atoms with E-state index in [-0.39, 0.29) is 31.0 Å². The number of aliphatic carboxylic acids is 1. The summed E-state index contributed by atoms with van der Waals surface area (Å²) in [5.41, 5.74) is 1.18. The number of benzene rings is 2. The van der Waals surface area contributed by atoms with E-state index in [0.29, 0.717) is 24.5 Å². The molecule has 208 valence electrons. The highest BCUT2D eigenvalue weighted by atomic mass is 32.2. The Hall–Kier alpha value is -3.31. The summed E-state index contributed by atoms with van der Waals surface area (Å²) in [6.07, 6.45) is 0.931. The first-order valence-corrected chi connectivity index (χ1v) is 13.8. The lowest BCUT2D eigenvalue weighted by atomic mass is 10.1. The Labute approximate surface area is 227 Å². The zero-order chi connectivity index (χ0) is 27.9. The number of aryl methyl sites for hydroxylation is 1. The van der Waals surface area contributed by atoms with Crippen LogP contribution in [0.5, 0.6) is 11.5 Å². The molecule has 11 heteroatoms. The quantitative estimate of drug-likeness (QED) is 0.158. The number of nitro benzene ring substituents is 1. The standard InChI is InChI=1S/C27H36N2O8S/c1-4-6-16-38-17-14-28(27(32)37-23-10-7-20(3)24(19-23)29(33)34)13-15-36-22-11-8-21(9-12-22)18-25(26(30)31)35-5-2/h7-12,19,25H,4-6,13-18H2,1-3H3,(H,30,31). The molecular weight excluding hydrogens is 512 g/mol. The molecule has 0 aliphatic rings. The number of hydrogen-bond acceptors (Lipinski definition) is 8. The van der Waals surface area contributed by atoms with Gasteiger partial charge in [-0.3, -0.25) is 10.1 Å². The maximum atomic E-state index is 12.9. The minimum atomic E-state index is -1.01. The first-order valence-electron chi connectivity index (χ1n) is 12.6. The molecule has 2 aromatic rings. The zero-order valence-electron chi connectivity index (χ0n) is 22.1. The maximum Gasteiger partial charge on any atom is 0.415 e. The monoisotopic (exact) mass is 548 g/mol. The summed E-state index contributed by atoms with van der Waals surface area (Å²) in [4.78, 5) is 36.5. The molecule has 0 fully saturated rings. The summed E-state index contributed by atoms with van der Waals surface area (Å²) in [5.74, 6) is 1.41. The smallest absolute Gasteiger partial charge is 0.415 e. The van der Waals surface area contributed by atoms with Crippen molar-refractivity contribution in [1.29, 1.82) is 0 Å². The largest absolute Gasteiger partial charge is 0.492 e. The normalized spacial score (nSPS) is 11.6. The van der Waals surface area contributed by atoms with E-state index in [4.69, 9.17) is 14.2 Å². The highest BCUT2D eigenvalue weighted by Gasteiger charge is 2.20. The molecule has 2 aromatic carbocycles. The summed E-state index contributed by atoms with van der Waals surface area (Å²) in [6, 6.07) is 11.4. The number of thioether (sulfide) groups is 1. The molecule has 0 aromatic heterocycles. The molecule has 0 saturated heterocycles. The Morgan fingerprint density at radius 2 is 1.79 bits per heavy atom. The zero-order valence-corrected chi connectivity index (χ0v) is 22.9. The Bertz CT molecular complexity index is 1050. The number of amides is 1. The second-order valence-electron chi connectivity index (χ2n) is 8.51. The third-order valence-electron chi connectivity index (χ3n) is 5.61. The predicted molar refractivity (Wildman–Crippen MR) is 146 cm³/mol. The fourth-order valence-corrected chi connectivity index (χ4v) is 4.51. The van der Waals surface area contributed by atoms with Gasteiger partial charge in [-0.2, -0.15) is 11.8 Å². The van der Waals surface area contributed by atoms with Crippen LogP contribution in [0.1, 0.15) is 37.8 Å². The number of carbonyl (C=O) groups is 2. The third kappa shape index (κ3) is 10.6. The van der Waals surface area contributed by atoms with E-state index in [1.807, 2.05) is 0 Å². The van der Waals surface area contributed by atoms with Crippen molar-refractivity contribution >= 4 is 29.5 Å². The van der Waals surface area contributed by atoms with Gasteiger partial charge in [0.2, 0.25) is 0 Å². The highest BCUT2D eigenvalue weighted by molar-refractivity contribution is 7.99. The number of carbonyl (C=O) groups excluding carboxylic acids is 1. The van der Waals surface area contributed by atoms with Gasteiger partial charge in [0, 0.05) is 30.9 Å². The molecule has 2 rings (SSSR count). The van der Waals surface area contributed by atoms with Crippen LogP contribution < -0.4 is 9.47 Å². The van der Waals surface area contributed by atoms with E-state index in [1.54, 1.807) is 55.9 Å². The fraction of sp³-hybridized carbons (Fsp3) is 0.481. The average molecular weight is 549 g/mol. The number of carboxylic acids is 1. The van der Waals surface area contributed by atoms with Gasteiger partial charge in [0.15, 0.2) is 6.10 Å². The number of ether oxygens (including phenoxy) is 3. The van der Waals surface area contributed by atoms with Crippen molar-refractivity contribution in [2.75, 3.05) is 37.8 Å². The SMILES string of the molecule is CCCCSCCN(CCOc1ccc(CC(OCC)C(=O)O)cc1)C(=O)Oc1ccc(C)c([N+](=O)[O-])c1. The van der Waals surface area contributed by atoms with Crippen LogP contribution in [0.15, 0.2) is 42.5 Å². The molecule has 1 amide bonds. The minimum absolute atomic E-state index is 0.110. The van der Waals surface area contributed by atoms with Gasteiger partial charge in [-0.25, -0.2) is 9.59 Å². The van der Waals surface area contributed by atoms with E-state index >= 15 is 0 Å². The summed E-state index contributed by atoms with van der Waals surface area (Å²) < 4.78 is 16.5. The van der Waals surface area contributed by atoms with Gasteiger partial charge in [-0.1, -0.05) is 25.5 Å². The molecular formula is C27H36N2O8S. The van der Waals surface area contributed by atoms with Crippen molar-refractivity contribution in [1.82, 2.24) is 4.90 Å². The number of nitrogens with zero attached hydrogens (tertiary/aromatic N) is 2. The first-order chi connectivity index (χ1) is 18.2. The number of carboxylic acid groups (broad SMARTS) is 1. The van der Waals surface area contributed by atoms with Gasteiger partial charge in [0.05, 0.1) is 17.5 Å². The van der Waals surface area contributed by atoms with E-state index < -0.39 is 23.1 Å². The summed E-state index contributed by atoms with van der Waals surface area (Å²) in [7, 11) is 0. The topological polar surface area (TPSA) is 128 Å². The third-order valence-corrected chi connectivity index (χ3v) is 6.65. The molecule has 10 nitrogen and oxygen atoms in total. The Balaban J connectivity index is 1.97. The summed E-state index contributed by atoms with van der Waals surface area (Å²) >= 11 is 1.75. The fourth-order valence-electron chi connectivity index (χ4n) is 3.46. The van der Waals surface area contributed by atoms with Crippen LogP contribution in [-0.4, -0.2) is 70.9 Å². The number of rotatable bonds is 17. The Morgan fingerprint density at radius 1 is 1.08 bits per heavy atom. The molecule has 0 saturated carbocycles. The van der Waals surface area contributed by atoms with Crippen LogP contribution >= 0.6 is 11.8 Å². The molecule has 1 unspecified atom stereocenters. The molecule has 0 bridgehead atoms. The Morgan fingerprint density at radius 3 is 2.42 bits per heavy atom. The van der Waals surface area contributed by atoms with Crippen LogP contribution in [0.3, 0.4) is 0 Å². The van der Waals surface area contributed by atoms with Crippen LogP contribution in [-0.2, 0) is 16.0 Å². The van der Waals surface area contributed by atoms with Gasteiger partial charge < -0.3 is 24.2 Å². The molecule has 0 aliphatic heterocycles. The van der Waals surface area contributed by atoms with E-state index in [1.165, 1.54) is 17.0 Å². The molecule has 0 heterocycles. The number of unbranched alkanes of at least 4 members (excludes halogenated alkanes) is 1. The van der Waals surface area contributed by atoms with Crippen molar-refractivity contribution in [2.45, 2.75) is 46.1 Å². The molecule has 0 spiro atoms. The highest BCUT2D eigenvalue weighted by Crippen LogP contribution is 2.24. The molecule has 0 radical (unpaired) electrons. The van der Waals surface area contributed by atoms with Gasteiger partial charge >= 0.3 is 12.1 Å². The number of nitro groups is 1. The van der Waals surface area contributed by atoms with Crippen LogP contribution in [0.4, 0.5) is 10.5 Å². The number of hydrogen-bond donors (Lipinski definition) is 1. The lowest BCUT2D eigenvalue weighted by Gasteiger charge is -2.22. The van der Waals surface area contributed by atoms with Crippen LogP contribution in [0.2, 0.25) is 0 Å². The molecule has 1 N–H and O–H groups in total. The Kier molecular flexibility index (Phi) is 13.4. The van der Waals surface area contributed by atoms with E-state index in [2.05, 4.69) is 6.92 Å². The molecule has 38 heavy (non-hydrogen) atoms. The summed E-state index contributed by atoms with van der Waals surface area (Å²) in [6.45, 7) is 6.72. The van der Waals surface area contributed by atoms with Gasteiger partial charge in [-0.15, -0.1) is 0 Å². The first kappa shape index (κ1) is 30.9. The maximum absolute atomic E-state index is 12.9. The van der Waals surface area contributed by atoms with Crippen molar-refractivity contribution in [3.8, 4) is 11.5 Å². The van der Waals surface area contributed by atoms with E-state index in [0.717, 1.165) is 29.9 Å². The average Bonchev–Trinajstić information content (AvgIpc) is 2.89. The molecule has 1 atom stereocenters. The van der Waals surface area contributed by atoms with Crippen LogP contribution in [0, 0.1) is 17.0 Å². The van der Waals surface area contributed by atoms with Crippen molar-refractivity contribution in [2.24, 2.45) is 0 Å². The molecule has 0 aliphatic carbocycles. The van der Waals surface area contributed by atoms with Crippen molar-refractivity contribution < 1.29 is 33.8 Å². The lowest BCUT2D eigenvalue weighted by molar-refractivity contribution is -0.385. The van der Waals surface area contributed by atoms with Gasteiger partial charge in [0.1, 0.15) is 18.1 Å². The second kappa shape index (κ2) is 16.5. The predicted octanol–water partition coefficient (Wildman–Crippen LogP) is 5.35. The van der Waals surface area contributed by atoms with Gasteiger partial charge in [0.25, 0.3) is 5.69 Å². The van der Waals surface area contributed by atoms with Crippen LogP contribution in [0.25, 0.3) is 0 Å². The van der Waals surface area contributed by atoms with Gasteiger partial charge in [-0.05, 0) is 55.9 Å². The summed E-state index contributed by atoms with van der Waals surface area (Å²) in [5, 5.41) is 20.5. The minimum Gasteiger partial charge on any atom is -0.492 e. The van der Waals surface area contributed by atoms with Crippen molar-refractivity contribution in [3.05, 3.63) is 63.7 Å². The lowest BCUT2D eigenvalue weighted by Crippen LogP contribution is -2.38.